The first-order chi connectivity index (χ1) is 15.5. The molecule has 3 aromatic rings. The Morgan fingerprint density at radius 3 is 2.94 bits per heavy atom. The average Bonchev–Trinajstić information content (AvgIpc) is 3.18. The smallest absolute Gasteiger partial charge is 0.248 e. The summed E-state index contributed by atoms with van der Waals surface area (Å²) in [6.45, 7) is 4.10. The molecule has 4 N–H and O–H groups in total. The normalized spacial score (nSPS) is 25.8. The van der Waals surface area contributed by atoms with Crippen LogP contribution in [0.15, 0.2) is 24.4 Å². The SMILES string of the molecule is C[C@]1(C(=O)N2CC[C@@H](N)C2)CCCN1c1nc(Nc2cc(C3CC3)[nH]n2)n2cccc2n1. The molecule has 3 aromatic heterocycles. The van der Waals surface area contributed by atoms with Gasteiger partial charge in [0.1, 0.15) is 11.2 Å². The summed E-state index contributed by atoms with van der Waals surface area (Å²) in [7, 11) is 0. The molecule has 32 heavy (non-hydrogen) atoms. The maximum atomic E-state index is 13.5. The molecule has 0 radical (unpaired) electrons. The Morgan fingerprint density at radius 2 is 2.16 bits per heavy atom. The first kappa shape index (κ1) is 19.5. The van der Waals surface area contributed by atoms with Crippen LogP contribution in [0.3, 0.4) is 0 Å². The highest BCUT2D eigenvalue weighted by molar-refractivity contribution is 5.90. The van der Waals surface area contributed by atoms with E-state index in [0.717, 1.165) is 49.5 Å². The van der Waals surface area contributed by atoms with Crippen molar-refractivity contribution in [2.75, 3.05) is 29.9 Å². The van der Waals surface area contributed by atoms with E-state index < -0.39 is 5.54 Å². The highest BCUT2D eigenvalue weighted by Gasteiger charge is 2.47. The summed E-state index contributed by atoms with van der Waals surface area (Å²) < 4.78 is 1.91. The van der Waals surface area contributed by atoms with E-state index in [1.165, 1.54) is 12.8 Å². The Hall–Kier alpha value is -3.14. The summed E-state index contributed by atoms with van der Waals surface area (Å²) >= 11 is 0. The van der Waals surface area contributed by atoms with Gasteiger partial charge in [-0.1, -0.05) is 0 Å². The molecule has 5 heterocycles. The zero-order valence-corrected chi connectivity index (χ0v) is 18.3. The second-order valence-corrected chi connectivity index (χ2v) is 9.52. The van der Waals surface area contributed by atoms with Crippen LogP contribution in [0, 0.1) is 0 Å². The van der Waals surface area contributed by atoms with Crippen LogP contribution < -0.4 is 16.0 Å². The monoisotopic (exact) mass is 435 g/mol. The van der Waals surface area contributed by atoms with Gasteiger partial charge in [-0.05, 0) is 51.2 Å². The molecule has 2 atom stereocenters. The average molecular weight is 436 g/mol. The maximum absolute atomic E-state index is 13.5. The standard InChI is InChI=1S/C22H29N9O/c1-22(19(32)29-11-7-15(23)13-29)8-3-10-31(22)21-25-18-4-2-9-30(18)20(26-21)24-17-12-16(27-28-17)14-5-6-14/h2,4,9,12,14-15H,3,5-8,10-11,13,23H2,1H3,(H2,24,25,26,27,28)/t15-,22-/m1/s1. The van der Waals surface area contributed by atoms with Crippen molar-refractivity contribution in [3.05, 3.63) is 30.1 Å². The quantitative estimate of drug-likeness (QED) is 0.560. The van der Waals surface area contributed by atoms with Crippen molar-refractivity contribution >= 4 is 29.3 Å². The Morgan fingerprint density at radius 1 is 1.28 bits per heavy atom. The minimum absolute atomic E-state index is 0.0657. The molecular formula is C22H29N9O. The minimum Gasteiger partial charge on any atom is -0.339 e. The predicted octanol–water partition coefficient (Wildman–Crippen LogP) is 1.99. The molecule has 2 aliphatic heterocycles. The van der Waals surface area contributed by atoms with Crippen LogP contribution in [0.5, 0.6) is 0 Å². The number of aromatic amines is 1. The number of hydrogen-bond acceptors (Lipinski definition) is 7. The van der Waals surface area contributed by atoms with Crippen LogP contribution in [-0.2, 0) is 4.79 Å². The fourth-order valence-electron chi connectivity index (χ4n) is 5.06. The van der Waals surface area contributed by atoms with Gasteiger partial charge in [0, 0.05) is 49.6 Å². The molecule has 3 fully saturated rings. The zero-order valence-electron chi connectivity index (χ0n) is 18.3. The molecular weight excluding hydrogens is 406 g/mol. The van der Waals surface area contributed by atoms with E-state index in [4.69, 9.17) is 15.7 Å². The summed E-state index contributed by atoms with van der Waals surface area (Å²) in [5.74, 6) is 2.65. The van der Waals surface area contributed by atoms with Crippen LogP contribution in [-0.4, -0.2) is 66.6 Å². The van der Waals surface area contributed by atoms with Gasteiger partial charge in [0.25, 0.3) is 0 Å². The number of nitrogens with one attached hydrogen (secondary N) is 2. The lowest BCUT2D eigenvalue weighted by molar-refractivity contribution is -0.135. The largest absolute Gasteiger partial charge is 0.339 e. The number of H-pyrrole nitrogens is 1. The number of amides is 1. The summed E-state index contributed by atoms with van der Waals surface area (Å²) in [6, 6.07) is 6.01. The van der Waals surface area contributed by atoms with Crippen LogP contribution in [0.25, 0.3) is 5.65 Å². The number of carbonyl (C=O) groups excluding carboxylic acids is 1. The number of hydrogen-bond donors (Lipinski definition) is 3. The van der Waals surface area contributed by atoms with Crippen molar-refractivity contribution in [2.45, 2.75) is 56.5 Å². The van der Waals surface area contributed by atoms with Gasteiger partial charge in [-0.15, -0.1) is 0 Å². The lowest BCUT2D eigenvalue weighted by Gasteiger charge is -2.37. The van der Waals surface area contributed by atoms with E-state index in [9.17, 15) is 4.79 Å². The highest BCUT2D eigenvalue weighted by Crippen LogP contribution is 2.40. The number of carbonyl (C=O) groups is 1. The van der Waals surface area contributed by atoms with E-state index in [2.05, 4.69) is 26.5 Å². The van der Waals surface area contributed by atoms with E-state index >= 15 is 0 Å². The van der Waals surface area contributed by atoms with Crippen molar-refractivity contribution in [2.24, 2.45) is 5.73 Å². The number of nitrogens with zero attached hydrogens (tertiary/aromatic N) is 6. The lowest BCUT2D eigenvalue weighted by atomic mass is 9.97. The van der Waals surface area contributed by atoms with Gasteiger partial charge in [0.2, 0.25) is 17.8 Å². The maximum Gasteiger partial charge on any atom is 0.248 e. The molecule has 0 unspecified atom stereocenters. The van der Waals surface area contributed by atoms with Gasteiger partial charge < -0.3 is 20.9 Å². The molecule has 1 amide bonds. The molecule has 0 aromatic carbocycles. The van der Waals surface area contributed by atoms with Gasteiger partial charge in [-0.2, -0.15) is 15.1 Å². The van der Waals surface area contributed by atoms with Gasteiger partial charge in [-0.3, -0.25) is 14.3 Å². The Labute approximate surface area is 186 Å². The van der Waals surface area contributed by atoms with Crippen LogP contribution in [0.1, 0.15) is 50.6 Å². The molecule has 0 bridgehead atoms. The second-order valence-electron chi connectivity index (χ2n) is 9.52. The Balaban J connectivity index is 1.33. The summed E-state index contributed by atoms with van der Waals surface area (Å²) in [5, 5.41) is 10.9. The molecule has 1 saturated carbocycles. The molecule has 3 aliphatic rings. The molecule has 1 aliphatic carbocycles. The third kappa shape index (κ3) is 3.21. The van der Waals surface area contributed by atoms with Crippen molar-refractivity contribution in [3.63, 3.8) is 0 Å². The lowest BCUT2D eigenvalue weighted by Crippen LogP contribution is -2.55. The van der Waals surface area contributed by atoms with Crippen molar-refractivity contribution in [1.82, 2.24) is 29.5 Å². The number of likely N-dealkylation sites (tertiary alicyclic amines) is 1. The number of aromatic nitrogens is 5. The molecule has 10 heteroatoms. The highest BCUT2D eigenvalue weighted by atomic mass is 16.2. The number of anilines is 3. The van der Waals surface area contributed by atoms with Crippen LogP contribution >= 0.6 is 0 Å². The molecule has 10 nitrogen and oxygen atoms in total. The van der Waals surface area contributed by atoms with Crippen molar-refractivity contribution in [3.8, 4) is 0 Å². The van der Waals surface area contributed by atoms with E-state index in [-0.39, 0.29) is 11.9 Å². The minimum atomic E-state index is -0.669. The Bertz CT molecular complexity index is 1170. The molecule has 6 rings (SSSR count). The van der Waals surface area contributed by atoms with E-state index in [1.807, 2.05) is 34.6 Å². The summed E-state index contributed by atoms with van der Waals surface area (Å²) in [6.07, 6.45) is 6.91. The fourth-order valence-corrected chi connectivity index (χ4v) is 5.06. The first-order valence-corrected chi connectivity index (χ1v) is 11.5. The zero-order chi connectivity index (χ0) is 21.9. The van der Waals surface area contributed by atoms with Gasteiger partial charge in [0.15, 0.2) is 5.82 Å². The van der Waals surface area contributed by atoms with Crippen LogP contribution in [0.2, 0.25) is 0 Å². The number of rotatable bonds is 5. The summed E-state index contributed by atoms with van der Waals surface area (Å²) in [5.41, 5.74) is 7.34. The van der Waals surface area contributed by atoms with Gasteiger partial charge in [0.05, 0.1) is 0 Å². The first-order valence-electron chi connectivity index (χ1n) is 11.5. The third-order valence-corrected chi connectivity index (χ3v) is 7.09. The third-order valence-electron chi connectivity index (χ3n) is 7.09. The molecule has 168 valence electrons. The number of nitrogens with two attached hydrogens (primary N) is 1. The van der Waals surface area contributed by atoms with Gasteiger partial charge in [-0.25, -0.2) is 0 Å². The summed E-state index contributed by atoms with van der Waals surface area (Å²) in [4.78, 5) is 27.1. The van der Waals surface area contributed by atoms with E-state index in [0.29, 0.717) is 24.4 Å². The molecule has 0 spiro atoms. The van der Waals surface area contributed by atoms with E-state index in [1.54, 1.807) is 0 Å². The van der Waals surface area contributed by atoms with Crippen molar-refractivity contribution in [1.29, 1.82) is 0 Å². The topological polar surface area (TPSA) is 120 Å². The second kappa shape index (κ2) is 7.19. The Kier molecular flexibility index (Phi) is 4.39. The predicted molar refractivity (Wildman–Crippen MR) is 121 cm³/mol. The van der Waals surface area contributed by atoms with Crippen molar-refractivity contribution < 1.29 is 4.79 Å². The van der Waals surface area contributed by atoms with Crippen LogP contribution in [0.4, 0.5) is 17.7 Å². The fraction of sp³-hybridized carbons (Fsp3) is 0.545. The molecule has 2 saturated heterocycles. The number of fused-ring (bicyclic) bond motifs is 1. The van der Waals surface area contributed by atoms with Gasteiger partial charge >= 0.3 is 0 Å².